The van der Waals surface area contributed by atoms with Crippen LogP contribution < -0.4 is 5.32 Å². The van der Waals surface area contributed by atoms with Crippen molar-refractivity contribution in [3.8, 4) is 0 Å². The number of hydrogen-bond acceptors (Lipinski definition) is 6. The number of benzene rings is 1. The topological polar surface area (TPSA) is 96.2 Å². The highest BCUT2D eigenvalue weighted by molar-refractivity contribution is 5.93. The second-order valence-corrected chi connectivity index (χ2v) is 7.42. The largest absolute Gasteiger partial charge is 0.465 e. The van der Waals surface area contributed by atoms with Crippen molar-refractivity contribution in [1.29, 1.82) is 0 Å². The Bertz CT molecular complexity index is 1080. The lowest BCUT2D eigenvalue weighted by Gasteiger charge is -2.30. The summed E-state index contributed by atoms with van der Waals surface area (Å²) < 4.78 is 6.30. The third-order valence-electron chi connectivity index (χ3n) is 5.28. The number of hydrogen-bond donors (Lipinski definition) is 2. The van der Waals surface area contributed by atoms with Gasteiger partial charge < -0.3 is 19.6 Å². The van der Waals surface area contributed by atoms with Crippen molar-refractivity contribution in [1.82, 2.24) is 19.6 Å². The number of aliphatic hydroxyl groups excluding tert-OH is 1. The van der Waals surface area contributed by atoms with Crippen LogP contribution in [0.2, 0.25) is 0 Å². The summed E-state index contributed by atoms with van der Waals surface area (Å²) in [6, 6.07) is 11.6. The molecule has 0 spiro atoms. The molecular weight excluding hydrogens is 384 g/mol. The Balaban J connectivity index is 1.32. The van der Waals surface area contributed by atoms with Crippen molar-refractivity contribution >= 4 is 17.5 Å². The van der Waals surface area contributed by atoms with E-state index < -0.39 is 12.1 Å². The van der Waals surface area contributed by atoms with Crippen LogP contribution in [0.5, 0.6) is 0 Å². The highest BCUT2D eigenvalue weighted by atomic mass is 16.5. The van der Waals surface area contributed by atoms with Gasteiger partial charge in [0.1, 0.15) is 11.3 Å². The van der Waals surface area contributed by atoms with Crippen LogP contribution in [-0.2, 0) is 17.7 Å². The number of carbonyl (C=O) groups excluding carboxylic acids is 2. The van der Waals surface area contributed by atoms with Gasteiger partial charge in [-0.05, 0) is 29.7 Å². The lowest BCUT2D eigenvalue weighted by Crippen LogP contribution is -2.42. The fourth-order valence-electron chi connectivity index (χ4n) is 3.71. The Morgan fingerprint density at radius 1 is 1.20 bits per heavy atom. The van der Waals surface area contributed by atoms with Crippen LogP contribution in [0, 0.1) is 0 Å². The maximum absolute atomic E-state index is 12.4. The van der Waals surface area contributed by atoms with Crippen molar-refractivity contribution in [3.05, 3.63) is 71.2 Å². The Kier molecular flexibility index (Phi) is 5.78. The summed E-state index contributed by atoms with van der Waals surface area (Å²) in [5, 5.41) is 13.1. The van der Waals surface area contributed by atoms with Gasteiger partial charge in [0.15, 0.2) is 0 Å². The van der Waals surface area contributed by atoms with Crippen molar-refractivity contribution in [2.24, 2.45) is 0 Å². The van der Waals surface area contributed by atoms with Crippen LogP contribution in [0.15, 0.2) is 48.8 Å². The lowest BCUT2D eigenvalue weighted by atomic mass is 10.00. The number of aliphatic hydroxyl groups is 1. The molecule has 3 heterocycles. The maximum atomic E-state index is 12.4. The predicted octanol–water partition coefficient (Wildman–Crippen LogP) is 1.27. The predicted molar refractivity (Wildman–Crippen MR) is 110 cm³/mol. The molecule has 0 aliphatic carbocycles. The van der Waals surface area contributed by atoms with E-state index in [1.807, 2.05) is 6.07 Å². The van der Waals surface area contributed by atoms with Crippen molar-refractivity contribution < 1.29 is 19.4 Å². The normalized spacial score (nSPS) is 14.9. The number of nitrogens with one attached hydrogen (secondary N) is 1. The number of pyridine rings is 1. The molecule has 3 aromatic rings. The van der Waals surface area contributed by atoms with Gasteiger partial charge in [0.2, 0.25) is 0 Å². The zero-order valence-electron chi connectivity index (χ0n) is 16.7. The number of amides is 1. The summed E-state index contributed by atoms with van der Waals surface area (Å²) in [6.07, 6.45) is 3.39. The first kappa shape index (κ1) is 20.1. The molecule has 0 saturated heterocycles. The number of β-amino-alcohol motifs (C(OH)–C–C–N with tert-alkyl or cyclic N) is 1. The molecule has 2 N–H and O–H groups in total. The SMILES string of the molecule is COC(=O)c1ccc2nc(C(=O)NC[C@H](O)CN3CCc4ccccc4C3)cn2c1. The fraction of sp³-hybridized carbons (Fsp3) is 0.318. The number of carbonyl (C=O) groups is 2. The average Bonchev–Trinajstić information content (AvgIpc) is 3.20. The number of fused-ring (bicyclic) bond motifs is 2. The Labute approximate surface area is 174 Å². The molecule has 1 amide bonds. The number of aromatic nitrogens is 2. The van der Waals surface area contributed by atoms with Crippen LogP contribution >= 0.6 is 0 Å². The minimum Gasteiger partial charge on any atom is -0.465 e. The summed E-state index contributed by atoms with van der Waals surface area (Å²) >= 11 is 0. The van der Waals surface area contributed by atoms with Crippen LogP contribution in [0.25, 0.3) is 5.65 Å². The molecule has 1 atom stereocenters. The van der Waals surface area contributed by atoms with E-state index >= 15 is 0 Å². The molecule has 0 unspecified atom stereocenters. The van der Waals surface area contributed by atoms with Gasteiger partial charge in [-0.15, -0.1) is 0 Å². The smallest absolute Gasteiger partial charge is 0.339 e. The van der Waals surface area contributed by atoms with Crippen LogP contribution in [0.3, 0.4) is 0 Å². The molecular formula is C22H24N4O4. The second-order valence-electron chi connectivity index (χ2n) is 7.42. The van der Waals surface area contributed by atoms with Gasteiger partial charge in [-0.1, -0.05) is 24.3 Å². The molecule has 0 radical (unpaired) electrons. The molecule has 2 aromatic heterocycles. The Morgan fingerprint density at radius 2 is 2.00 bits per heavy atom. The van der Waals surface area contributed by atoms with Gasteiger partial charge >= 0.3 is 5.97 Å². The lowest BCUT2D eigenvalue weighted by molar-refractivity contribution is 0.0600. The number of imidazole rings is 1. The number of methoxy groups -OCH3 is 1. The zero-order chi connectivity index (χ0) is 21.1. The van der Waals surface area contributed by atoms with E-state index in [1.54, 1.807) is 28.9 Å². The molecule has 4 rings (SSSR count). The number of esters is 1. The minimum absolute atomic E-state index is 0.137. The highest BCUT2D eigenvalue weighted by Crippen LogP contribution is 2.18. The van der Waals surface area contributed by atoms with Crippen LogP contribution in [0.1, 0.15) is 32.0 Å². The molecule has 0 fully saturated rings. The number of rotatable bonds is 6. The maximum Gasteiger partial charge on any atom is 0.339 e. The van der Waals surface area contributed by atoms with Gasteiger partial charge in [-0.3, -0.25) is 9.69 Å². The van der Waals surface area contributed by atoms with Gasteiger partial charge in [0.05, 0.1) is 18.8 Å². The summed E-state index contributed by atoms with van der Waals surface area (Å²) in [6.45, 7) is 2.31. The van der Waals surface area contributed by atoms with Gasteiger partial charge in [-0.25, -0.2) is 9.78 Å². The van der Waals surface area contributed by atoms with Gasteiger partial charge in [-0.2, -0.15) is 0 Å². The van der Waals surface area contributed by atoms with E-state index in [-0.39, 0.29) is 18.1 Å². The van der Waals surface area contributed by atoms with E-state index in [1.165, 1.54) is 18.2 Å². The molecule has 0 bridgehead atoms. The molecule has 30 heavy (non-hydrogen) atoms. The van der Waals surface area contributed by atoms with E-state index in [0.717, 1.165) is 19.5 Å². The first-order chi connectivity index (χ1) is 14.5. The van der Waals surface area contributed by atoms with Crippen molar-refractivity contribution in [2.75, 3.05) is 26.7 Å². The summed E-state index contributed by atoms with van der Waals surface area (Å²) in [7, 11) is 1.31. The molecule has 8 heteroatoms. The fourth-order valence-corrected chi connectivity index (χ4v) is 3.71. The second kappa shape index (κ2) is 8.64. The quantitative estimate of drug-likeness (QED) is 0.597. The van der Waals surface area contributed by atoms with Gasteiger partial charge in [0, 0.05) is 38.6 Å². The highest BCUT2D eigenvalue weighted by Gasteiger charge is 2.19. The summed E-state index contributed by atoms with van der Waals surface area (Å²) in [5.41, 5.74) is 3.78. The average molecular weight is 408 g/mol. The standard InChI is InChI=1S/C22H24N4O4/c1-30-22(29)17-6-7-20-24-19(14-26(20)12-17)21(28)23-10-18(27)13-25-9-8-15-4-2-3-5-16(15)11-25/h2-7,12,14,18,27H,8-11,13H2,1H3,(H,23,28)/t18-/m0/s1. The van der Waals surface area contributed by atoms with E-state index in [9.17, 15) is 14.7 Å². The molecule has 0 saturated carbocycles. The van der Waals surface area contributed by atoms with Gasteiger partial charge in [0.25, 0.3) is 5.91 Å². The third kappa shape index (κ3) is 4.34. The molecule has 8 nitrogen and oxygen atoms in total. The van der Waals surface area contributed by atoms with Crippen molar-refractivity contribution in [3.63, 3.8) is 0 Å². The van der Waals surface area contributed by atoms with Crippen LogP contribution in [-0.4, -0.2) is 64.1 Å². The monoisotopic (exact) mass is 408 g/mol. The summed E-state index contributed by atoms with van der Waals surface area (Å²) in [5.74, 6) is -0.832. The first-order valence-corrected chi connectivity index (χ1v) is 9.86. The van der Waals surface area contributed by atoms with E-state index in [4.69, 9.17) is 4.74 Å². The molecule has 156 valence electrons. The number of nitrogens with zero attached hydrogens (tertiary/aromatic N) is 3. The third-order valence-corrected chi connectivity index (χ3v) is 5.28. The zero-order valence-corrected chi connectivity index (χ0v) is 16.7. The molecule has 1 aromatic carbocycles. The summed E-state index contributed by atoms with van der Waals surface area (Å²) in [4.78, 5) is 30.5. The number of ether oxygens (including phenoxy) is 1. The molecule has 1 aliphatic rings. The van der Waals surface area contributed by atoms with Crippen molar-refractivity contribution in [2.45, 2.75) is 19.1 Å². The van der Waals surface area contributed by atoms with Crippen LogP contribution in [0.4, 0.5) is 0 Å². The Hall–Kier alpha value is -3.23. The minimum atomic E-state index is -0.679. The van der Waals surface area contributed by atoms with E-state index in [0.29, 0.717) is 17.8 Å². The molecule has 1 aliphatic heterocycles. The van der Waals surface area contributed by atoms with E-state index in [2.05, 4.69) is 33.4 Å². The first-order valence-electron chi connectivity index (χ1n) is 9.86. The Morgan fingerprint density at radius 3 is 2.80 bits per heavy atom.